The molecule has 0 aliphatic carbocycles. The minimum atomic E-state index is -1.33. The quantitative estimate of drug-likeness (QED) is 0.661. The van der Waals surface area contributed by atoms with Crippen LogP contribution in [0.3, 0.4) is 0 Å². The first kappa shape index (κ1) is 19.2. The molecule has 0 fully saturated rings. The highest BCUT2D eigenvalue weighted by molar-refractivity contribution is 5.93. The Balaban J connectivity index is 0. The third-order valence-corrected chi connectivity index (χ3v) is 2.73. The molecule has 0 amide bonds. The van der Waals surface area contributed by atoms with Gasteiger partial charge in [0.2, 0.25) is 0 Å². The van der Waals surface area contributed by atoms with Crippen molar-refractivity contribution in [3.05, 3.63) is 0 Å². The minimum Gasteiger partial charge on any atom is -0.481 e. The van der Waals surface area contributed by atoms with Crippen LogP contribution in [0, 0.1) is 16.7 Å². The topological polar surface area (TPSA) is 101 Å². The van der Waals surface area contributed by atoms with E-state index in [1.54, 1.807) is 20.8 Å². The SMILES string of the molecule is CC(C)(C)C(C(=O)O)C(=O)O.CC(N)C(C)(C)C. The number of carboxylic acids is 2. The van der Waals surface area contributed by atoms with E-state index in [1.807, 2.05) is 6.92 Å². The van der Waals surface area contributed by atoms with Crippen molar-refractivity contribution < 1.29 is 19.8 Å². The highest BCUT2D eigenvalue weighted by atomic mass is 16.4. The average molecular weight is 261 g/mol. The van der Waals surface area contributed by atoms with Crippen molar-refractivity contribution in [1.82, 2.24) is 0 Å². The van der Waals surface area contributed by atoms with E-state index in [0.717, 1.165) is 0 Å². The van der Waals surface area contributed by atoms with Crippen LogP contribution in [-0.2, 0) is 9.59 Å². The van der Waals surface area contributed by atoms with Gasteiger partial charge in [-0.25, -0.2) is 0 Å². The molecule has 5 heteroatoms. The number of rotatable bonds is 2. The Kier molecular flexibility index (Phi) is 7.20. The van der Waals surface area contributed by atoms with Gasteiger partial charge in [-0.05, 0) is 17.8 Å². The second-order valence-electron chi connectivity index (χ2n) is 6.63. The molecule has 0 heterocycles. The van der Waals surface area contributed by atoms with Crippen molar-refractivity contribution in [2.24, 2.45) is 22.5 Å². The highest BCUT2D eigenvalue weighted by Gasteiger charge is 2.37. The Bertz CT molecular complexity index is 270. The van der Waals surface area contributed by atoms with Crippen LogP contribution in [0.5, 0.6) is 0 Å². The van der Waals surface area contributed by atoms with Gasteiger partial charge in [-0.15, -0.1) is 0 Å². The van der Waals surface area contributed by atoms with Crippen LogP contribution in [0.2, 0.25) is 0 Å². The molecule has 1 unspecified atom stereocenters. The van der Waals surface area contributed by atoms with Crippen molar-refractivity contribution in [2.75, 3.05) is 0 Å². The Morgan fingerprint density at radius 3 is 1.11 bits per heavy atom. The lowest BCUT2D eigenvalue weighted by atomic mass is 9.81. The summed E-state index contributed by atoms with van der Waals surface area (Å²) >= 11 is 0. The normalized spacial score (nSPS) is 13.6. The van der Waals surface area contributed by atoms with Crippen LogP contribution in [0.1, 0.15) is 48.5 Å². The molecule has 0 aliphatic heterocycles. The number of aliphatic carboxylic acids is 2. The Morgan fingerprint density at radius 2 is 1.11 bits per heavy atom. The zero-order valence-electron chi connectivity index (χ0n) is 12.4. The molecule has 0 bridgehead atoms. The summed E-state index contributed by atoms with van der Waals surface area (Å²) < 4.78 is 0. The Hall–Kier alpha value is -1.10. The molecule has 0 aromatic carbocycles. The third-order valence-electron chi connectivity index (χ3n) is 2.73. The van der Waals surface area contributed by atoms with Crippen molar-refractivity contribution in [1.29, 1.82) is 0 Å². The van der Waals surface area contributed by atoms with Gasteiger partial charge in [-0.1, -0.05) is 41.5 Å². The molecule has 0 spiro atoms. The van der Waals surface area contributed by atoms with E-state index in [1.165, 1.54) is 0 Å². The molecule has 108 valence electrons. The fraction of sp³-hybridized carbons (Fsp3) is 0.846. The third kappa shape index (κ3) is 8.06. The van der Waals surface area contributed by atoms with Gasteiger partial charge in [0.25, 0.3) is 0 Å². The van der Waals surface area contributed by atoms with Crippen molar-refractivity contribution in [3.8, 4) is 0 Å². The summed E-state index contributed by atoms with van der Waals surface area (Å²) in [5, 5.41) is 17.0. The minimum absolute atomic E-state index is 0.278. The molecule has 0 rings (SSSR count). The van der Waals surface area contributed by atoms with Crippen LogP contribution < -0.4 is 5.73 Å². The maximum Gasteiger partial charge on any atom is 0.318 e. The maximum atomic E-state index is 10.4. The summed E-state index contributed by atoms with van der Waals surface area (Å²) in [6, 6.07) is 0.299. The molecule has 4 N–H and O–H groups in total. The van der Waals surface area contributed by atoms with Gasteiger partial charge in [0.15, 0.2) is 5.92 Å². The molecule has 0 saturated heterocycles. The van der Waals surface area contributed by atoms with Gasteiger partial charge in [-0.3, -0.25) is 9.59 Å². The lowest BCUT2D eigenvalue weighted by molar-refractivity contribution is -0.159. The smallest absolute Gasteiger partial charge is 0.318 e. The number of carboxylic acid groups (broad SMARTS) is 2. The lowest BCUT2D eigenvalue weighted by Crippen LogP contribution is -2.35. The second-order valence-corrected chi connectivity index (χ2v) is 6.63. The first-order valence-electron chi connectivity index (χ1n) is 5.92. The summed E-state index contributed by atoms with van der Waals surface area (Å²) in [6.07, 6.45) is 0. The Morgan fingerprint density at radius 1 is 0.889 bits per heavy atom. The highest BCUT2D eigenvalue weighted by Crippen LogP contribution is 2.25. The van der Waals surface area contributed by atoms with Crippen molar-refractivity contribution >= 4 is 11.9 Å². The van der Waals surface area contributed by atoms with Gasteiger partial charge >= 0.3 is 11.9 Å². The van der Waals surface area contributed by atoms with E-state index >= 15 is 0 Å². The molecular formula is C13H27NO4. The Labute approximate surface area is 109 Å². The monoisotopic (exact) mass is 261 g/mol. The van der Waals surface area contributed by atoms with E-state index in [0.29, 0.717) is 6.04 Å². The first-order chi connectivity index (χ1) is 7.71. The molecule has 5 nitrogen and oxygen atoms in total. The van der Waals surface area contributed by atoms with Crippen LogP contribution in [0.25, 0.3) is 0 Å². The van der Waals surface area contributed by atoms with E-state index in [9.17, 15) is 9.59 Å². The average Bonchev–Trinajstić information content (AvgIpc) is 1.96. The molecule has 18 heavy (non-hydrogen) atoms. The molecule has 0 saturated carbocycles. The summed E-state index contributed by atoms with van der Waals surface area (Å²) in [5.74, 6) is -3.91. The molecule has 0 aromatic rings. The van der Waals surface area contributed by atoms with Crippen LogP contribution in [0.15, 0.2) is 0 Å². The second kappa shape index (κ2) is 6.73. The van der Waals surface area contributed by atoms with Gasteiger partial charge in [0.1, 0.15) is 0 Å². The van der Waals surface area contributed by atoms with E-state index < -0.39 is 23.3 Å². The molecule has 0 aliphatic rings. The van der Waals surface area contributed by atoms with Gasteiger partial charge < -0.3 is 15.9 Å². The van der Waals surface area contributed by atoms with E-state index in [4.69, 9.17) is 15.9 Å². The van der Waals surface area contributed by atoms with Gasteiger partial charge in [0, 0.05) is 6.04 Å². The number of nitrogens with two attached hydrogens (primary N) is 1. The molecule has 0 radical (unpaired) electrons. The van der Waals surface area contributed by atoms with E-state index in [-0.39, 0.29) is 5.41 Å². The van der Waals surface area contributed by atoms with Crippen LogP contribution in [-0.4, -0.2) is 28.2 Å². The largest absolute Gasteiger partial charge is 0.481 e. The van der Waals surface area contributed by atoms with Crippen LogP contribution >= 0.6 is 0 Å². The number of hydrogen-bond donors (Lipinski definition) is 3. The summed E-state index contributed by atoms with van der Waals surface area (Å²) in [4.78, 5) is 20.8. The van der Waals surface area contributed by atoms with Crippen LogP contribution in [0.4, 0.5) is 0 Å². The number of hydrogen-bond acceptors (Lipinski definition) is 3. The fourth-order valence-electron chi connectivity index (χ4n) is 0.846. The van der Waals surface area contributed by atoms with E-state index in [2.05, 4.69) is 20.8 Å². The van der Waals surface area contributed by atoms with Gasteiger partial charge in [0.05, 0.1) is 0 Å². The predicted molar refractivity (Wildman–Crippen MR) is 71.3 cm³/mol. The van der Waals surface area contributed by atoms with Crippen molar-refractivity contribution in [3.63, 3.8) is 0 Å². The molecule has 0 aromatic heterocycles. The predicted octanol–water partition coefficient (Wildman–Crippen LogP) is 2.20. The molecule has 1 atom stereocenters. The zero-order chi connectivity index (χ0) is 15.3. The lowest BCUT2D eigenvalue weighted by Gasteiger charge is -2.22. The van der Waals surface area contributed by atoms with Crippen molar-refractivity contribution in [2.45, 2.75) is 54.5 Å². The maximum absolute atomic E-state index is 10.4. The summed E-state index contributed by atoms with van der Waals surface area (Å²) in [7, 11) is 0. The first-order valence-corrected chi connectivity index (χ1v) is 5.92. The summed E-state index contributed by atoms with van der Waals surface area (Å²) in [6.45, 7) is 13.2. The standard InChI is InChI=1S/C7H12O4.C6H15N/c1-7(2,3)4(5(8)9)6(10)11;1-5(7)6(2,3)4/h4H,1-3H3,(H,8,9)(H,10,11);5H,7H2,1-4H3. The zero-order valence-corrected chi connectivity index (χ0v) is 12.4. The fourth-order valence-corrected chi connectivity index (χ4v) is 0.846. The number of carbonyl (C=O) groups is 2. The van der Waals surface area contributed by atoms with Gasteiger partial charge in [-0.2, -0.15) is 0 Å². The summed E-state index contributed by atoms with van der Waals surface area (Å²) in [5.41, 5.74) is 5.11. The molecular weight excluding hydrogens is 234 g/mol.